The molecule has 0 spiro atoms. The Balaban J connectivity index is 3.02. The first-order valence-electron chi connectivity index (χ1n) is 10.2. The number of halogens is 1. The summed E-state index contributed by atoms with van der Waals surface area (Å²) in [6, 6.07) is 0.327. The summed E-state index contributed by atoms with van der Waals surface area (Å²) in [5.41, 5.74) is 1.12. The summed E-state index contributed by atoms with van der Waals surface area (Å²) >= 11 is 2.33. The Labute approximate surface area is 186 Å². The summed E-state index contributed by atoms with van der Waals surface area (Å²) in [7, 11) is -1.79. The molecule has 0 saturated heterocycles. The van der Waals surface area contributed by atoms with Crippen LogP contribution < -0.4 is 4.74 Å². The van der Waals surface area contributed by atoms with Gasteiger partial charge in [0.1, 0.15) is 0 Å². The Kier molecular flexibility index (Phi) is 9.93. The van der Waals surface area contributed by atoms with Gasteiger partial charge in [-0.1, -0.05) is 20.8 Å². The van der Waals surface area contributed by atoms with E-state index in [0.717, 1.165) is 15.8 Å². The highest BCUT2D eigenvalue weighted by atomic mass is 127. The summed E-state index contributed by atoms with van der Waals surface area (Å²) in [5, 5.41) is 14.8. The minimum absolute atomic E-state index is 0.191. The van der Waals surface area contributed by atoms with Crippen molar-refractivity contribution in [1.82, 2.24) is 14.7 Å². The van der Waals surface area contributed by atoms with E-state index in [2.05, 4.69) is 75.2 Å². The lowest BCUT2D eigenvalue weighted by atomic mass is 10.2. The maximum absolute atomic E-state index is 9.88. The molecule has 0 bridgehead atoms. The van der Waals surface area contributed by atoms with Crippen LogP contribution in [-0.4, -0.2) is 60.0 Å². The molecule has 0 saturated carbocycles. The van der Waals surface area contributed by atoms with Crippen molar-refractivity contribution in [1.29, 1.82) is 0 Å². The molecule has 6 nitrogen and oxygen atoms in total. The molecule has 1 unspecified atom stereocenters. The first-order chi connectivity index (χ1) is 12.8. The number of hydrogen-bond acceptors (Lipinski definition) is 5. The number of aliphatic hydroxyl groups is 1. The molecule has 0 aromatic carbocycles. The number of aromatic nitrogens is 2. The van der Waals surface area contributed by atoms with Crippen LogP contribution in [0, 0.1) is 3.57 Å². The van der Waals surface area contributed by atoms with Gasteiger partial charge in [-0.05, 0) is 68.4 Å². The minimum Gasteiger partial charge on any atom is -0.476 e. The zero-order valence-electron chi connectivity index (χ0n) is 19.2. The van der Waals surface area contributed by atoms with E-state index < -0.39 is 8.32 Å². The molecule has 1 aromatic heterocycles. The second-order valence-electron chi connectivity index (χ2n) is 9.20. The SMILES string of the molecule is CCOc1nn(CCO[Si](C)(C)C(C)(C)C)c(CN(CC(C)O)C(C)C)c1I. The van der Waals surface area contributed by atoms with Gasteiger partial charge in [-0.3, -0.25) is 9.58 Å². The van der Waals surface area contributed by atoms with Crippen molar-refractivity contribution >= 4 is 30.9 Å². The van der Waals surface area contributed by atoms with Gasteiger partial charge in [0.05, 0.1) is 35.1 Å². The van der Waals surface area contributed by atoms with Gasteiger partial charge in [0.15, 0.2) is 8.32 Å². The summed E-state index contributed by atoms with van der Waals surface area (Å²) in [6.07, 6.45) is -0.371. The van der Waals surface area contributed by atoms with Crippen molar-refractivity contribution < 1.29 is 14.3 Å². The van der Waals surface area contributed by atoms with Gasteiger partial charge in [0.25, 0.3) is 0 Å². The Morgan fingerprint density at radius 2 is 1.86 bits per heavy atom. The molecular weight excluding hydrogens is 485 g/mol. The normalized spacial score (nSPS) is 14.2. The third-order valence-electron chi connectivity index (χ3n) is 5.40. The molecule has 1 atom stereocenters. The van der Waals surface area contributed by atoms with E-state index in [1.54, 1.807) is 0 Å². The van der Waals surface area contributed by atoms with Crippen LogP contribution in [0.15, 0.2) is 0 Å². The standard InChI is InChI=1S/C20H40IN3O3Si/c1-10-26-19-18(21)17(14-23(15(2)3)13-16(4)25)24(22-19)11-12-27-28(8,9)20(5,6)7/h15-16,25H,10-14H2,1-9H3. The quantitative estimate of drug-likeness (QED) is 0.341. The molecule has 28 heavy (non-hydrogen) atoms. The van der Waals surface area contributed by atoms with Crippen molar-refractivity contribution in [2.45, 2.75) is 91.8 Å². The van der Waals surface area contributed by atoms with E-state index in [0.29, 0.717) is 38.2 Å². The summed E-state index contributed by atoms with van der Waals surface area (Å²) < 4.78 is 15.2. The summed E-state index contributed by atoms with van der Waals surface area (Å²) in [6.45, 7) is 22.7. The maximum atomic E-state index is 9.88. The van der Waals surface area contributed by atoms with Gasteiger partial charge in [0, 0.05) is 19.1 Å². The van der Waals surface area contributed by atoms with Crippen LogP contribution >= 0.6 is 22.6 Å². The second-order valence-corrected chi connectivity index (χ2v) is 15.1. The van der Waals surface area contributed by atoms with Crippen LogP contribution in [0.4, 0.5) is 0 Å². The number of aliphatic hydroxyl groups excluding tert-OH is 1. The lowest BCUT2D eigenvalue weighted by molar-refractivity contribution is 0.100. The van der Waals surface area contributed by atoms with Crippen molar-refractivity contribution in [2.75, 3.05) is 19.8 Å². The van der Waals surface area contributed by atoms with Crippen LogP contribution in [0.1, 0.15) is 54.2 Å². The molecule has 8 heteroatoms. The molecule has 1 heterocycles. The molecule has 0 amide bonds. The van der Waals surface area contributed by atoms with Crippen molar-refractivity contribution in [3.05, 3.63) is 9.26 Å². The van der Waals surface area contributed by atoms with E-state index >= 15 is 0 Å². The number of hydrogen-bond donors (Lipinski definition) is 1. The number of rotatable bonds is 11. The van der Waals surface area contributed by atoms with E-state index in [1.807, 2.05) is 18.5 Å². The van der Waals surface area contributed by atoms with Crippen molar-refractivity contribution in [3.8, 4) is 5.88 Å². The van der Waals surface area contributed by atoms with Crippen LogP contribution in [0.25, 0.3) is 0 Å². The number of nitrogens with zero attached hydrogens (tertiary/aromatic N) is 3. The van der Waals surface area contributed by atoms with Gasteiger partial charge < -0.3 is 14.3 Å². The Hall–Kier alpha value is -0.163. The smallest absolute Gasteiger partial charge is 0.246 e. The molecule has 0 aliphatic rings. The zero-order chi connectivity index (χ0) is 21.7. The van der Waals surface area contributed by atoms with Crippen LogP contribution in [0.3, 0.4) is 0 Å². The van der Waals surface area contributed by atoms with Gasteiger partial charge >= 0.3 is 0 Å². The van der Waals surface area contributed by atoms with Gasteiger partial charge in [-0.2, -0.15) is 0 Å². The fraction of sp³-hybridized carbons (Fsp3) is 0.850. The molecule has 0 aliphatic heterocycles. The third kappa shape index (κ3) is 7.27. The fourth-order valence-corrected chi connectivity index (χ4v) is 4.36. The first-order valence-corrected chi connectivity index (χ1v) is 14.2. The highest BCUT2D eigenvalue weighted by Crippen LogP contribution is 2.36. The largest absolute Gasteiger partial charge is 0.476 e. The molecule has 0 radical (unpaired) electrons. The van der Waals surface area contributed by atoms with Crippen LogP contribution in [0.5, 0.6) is 5.88 Å². The van der Waals surface area contributed by atoms with E-state index in [1.165, 1.54) is 0 Å². The molecule has 1 rings (SSSR count). The van der Waals surface area contributed by atoms with Gasteiger partial charge in [-0.15, -0.1) is 5.10 Å². The average molecular weight is 526 g/mol. The molecule has 1 N–H and O–H groups in total. The van der Waals surface area contributed by atoms with Crippen molar-refractivity contribution in [3.63, 3.8) is 0 Å². The summed E-state index contributed by atoms with van der Waals surface area (Å²) in [4.78, 5) is 2.27. The molecular formula is C20H40IN3O3Si. The van der Waals surface area contributed by atoms with E-state index in [4.69, 9.17) is 14.3 Å². The maximum Gasteiger partial charge on any atom is 0.246 e. The fourth-order valence-electron chi connectivity index (χ4n) is 2.61. The third-order valence-corrected chi connectivity index (χ3v) is 11.0. The average Bonchev–Trinajstić information content (AvgIpc) is 2.82. The zero-order valence-corrected chi connectivity index (χ0v) is 22.3. The molecule has 1 aromatic rings. The summed E-state index contributed by atoms with van der Waals surface area (Å²) in [5.74, 6) is 0.686. The monoisotopic (exact) mass is 525 g/mol. The minimum atomic E-state index is -1.79. The molecule has 0 aliphatic carbocycles. The van der Waals surface area contributed by atoms with E-state index in [-0.39, 0.29) is 11.1 Å². The topological polar surface area (TPSA) is 59.8 Å². The highest BCUT2D eigenvalue weighted by Gasteiger charge is 2.37. The van der Waals surface area contributed by atoms with E-state index in [9.17, 15) is 5.11 Å². The highest BCUT2D eigenvalue weighted by molar-refractivity contribution is 14.1. The van der Waals surface area contributed by atoms with Crippen LogP contribution in [-0.2, 0) is 17.5 Å². The van der Waals surface area contributed by atoms with Crippen molar-refractivity contribution in [2.24, 2.45) is 0 Å². The lowest BCUT2D eigenvalue weighted by Gasteiger charge is -2.36. The molecule has 0 fully saturated rings. The predicted octanol–water partition coefficient (Wildman–Crippen LogP) is 4.50. The Bertz CT molecular complexity index is 613. The lowest BCUT2D eigenvalue weighted by Crippen LogP contribution is -2.41. The van der Waals surface area contributed by atoms with Gasteiger partial charge in [-0.25, -0.2) is 0 Å². The Morgan fingerprint density at radius 1 is 1.25 bits per heavy atom. The first kappa shape index (κ1) is 25.9. The molecule has 164 valence electrons. The number of ether oxygens (including phenoxy) is 1. The Morgan fingerprint density at radius 3 is 2.32 bits per heavy atom. The van der Waals surface area contributed by atoms with Gasteiger partial charge in [0.2, 0.25) is 5.88 Å². The predicted molar refractivity (Wildman–Crippen MR) is 126 cm³/mol. The second kappa shape index (κ2) is 10.7. The van der Waals surface area contributed by atoms with Crippen LogP contribution in [0.2, 0.25) is 18.1 Å².